The molecule has 1 unspecified atom stereocenters. The van der Waals surface area contributed by atoms with Gasteiger partial charge in [0.2, 0.25) is 5.91 Å². The Labute approximate surface area is 230 Å². The number of hydrogen-bond acceptors (Lipinski definition) is 2. The third-order valence-electron chi connectivity index (χ3n) is 5.32. The molecule has 2 rings (SSSR count). The average Bonchev–Trinajstić information content (AvgIpc) is 2.80. The second-order valence-corrected chi connectivity index (χ2v) is 9.28. The minimum atomic E-state index is -5.32. The predicted octanol–water partition coefficient (Wildman–Crippen LogP) is 7.81. The van der Waals surface area contributed by atoms with Gasteiger partial charge in [0.05, 0.1) is 21.2 Å². The van der Waals surface area contributed by atoms with E-state index in [0.29, 0.717) is 12.1 Å². The van der Waals surface area contributed by atoms with E-state index >= 15 is 0 Å². The Kier molecular flexibility index (Phi) is 10.2. The minimum absolute atomic E-state index is 0.0199. The van der Waals surface area contributed by atoms with E-state index in [-0.39, 0.29) is 27.1 Å². The van der Waals surface area contributed by atoms with Gasteiger partial charge in [-0.3, -0.25) is 9.59 Å². The lowest BCUT2D eigenvalue weighted by Gasteiger charge is -2.23. The van der Waals surface area contributed by atoms with Crippen molar-refractivity contribution in [2.24, 2.45) is 0 Å². The van der Waals surface area contributed by atoms with Crippen LogP contribution >= 0.6 is 23.2 Å². The van der Waals surface area contributed by atoms with Crippen LogP contribution in [-0.2, 0) is 11.0 Å². The molecule has 4 nitrogen and oxygen atoms in total. The van der Waals surface area contributed by atoms with Crippen LogP contribution in [0.3, 0.4) is 0 Å². The monoisotopic (exact) mass is 626 g/mol. The summed E-state index contributed by atoms with van der Waals surface area (Å²) in [5.74, 6) is -7.18. The Morgan fingerprint density at radius 2 is 1.55 bits per heavy atom. The van der Waals surface area contributed by atoms with E-state index in [2.05, 4.69) is 0 Å². The van der Waals surface area contributed by atoms with Gasteiger partial charge in [0.15, 0.2) is 0 Å². The SMILES string of the molecule is C[C@@H](NC(=O)c1ccc(/C(F)=C/C(c2ccc(Cl)c(Cl)c2)C(F)(F)F)cc1C(F)(F)F)C(=O)N(C)CC(F)(F)F. The first kappa shape index (κ1) is 33.2. The van der Waals surface area contributed by atoms with Gasteiger partial charge in [-0.2, -0.15) is 39.5 Å². The maximum absolute atomic E-state index is 14.9. The summed E-state index contributed by atoms with van der Waals surface area (Å²) in [5, 5.41) is 1.45. The Hall–Kier alpha value is -3.00. The molecule has 0 aliphatic heterocycles. The third kappa shape index (κ3) is 8.75. The summed E-state index contributed by atoms with van der Waals surface area (Å²) in [5.41, 5.74) is -4.45. The van der Waals surface area contributed by atoms with Crippen LogP contribution in [0.25, 0.3) is 5.83 Å². The molecule has 0 bridgehead atoms. The molecule has 220 valence electrons. The highest BCUT2D eigenvalue weighted by Crippen LogP contribution is 2.41. The number of allylic oxidation sites excluding steroid dienone is 1. The fraction of sp³-hybridized carbons (Fsp3) is 0.333. The van der Waals surface area contributed by atoms with Crippen LogP contribution in [0, 0.1) is 0 Å². The lowest BCUT2D eigenvalue weighted by atomic mass is 9.95. The van der Waals surface area contributed by atoms with Crippen molar-refractivity contribution in [2.75, 3.05) is 13.6 Å². The number of benzene rings is 2. The summed E-state index contributed by atoms with van der Waals surface area (Å²) in [4.78, 5) is 24.8. The first-order valence-electron chi connectivity index (χ1n) is 10.8. The summed E-state index contributed by atoms with van der Waals surface area (Å²) in [6.45, 7) is -0.765. The molecule has 2 atom stereocenters. The third-order valence-corrected chi connectivity index (χ3v) is 6.06. The number of carbonyl (C=O) groups is 2. The first-order valence-corrected chi connectivity index (χ1v) is 11.6. The smallest absolute Gasteiger partial charge is 0.341 e. The standard InChI is InChI=1S/C24H18Cl2F10N2O2/c1-11(21(40)38(2)10-22(28,29)30)37-20(39)14-5-3-13(7-16(14)24(34,35)36)19(27)9-15(23(31,32)33)12-4-6-17(25)18(26)8-12/h3-9,11,15H,10H2,1-2H3,(H,37,39)/b19-9-/t11-,15?/m1/s1. The number of nitrogens with one attached hydrogen (secondary N) is 1. The van der Waals surface area contributed by atoms with Gasteiger partial charge in [0.1, 0.15) is 24.3 Å². The normalized spacial score (nSPS) is 14.5. The van der Waals surface area contributed by atoms with E-state index < -0.39 is 76.9 Å². The molecule has 0 heterocycles. The zero-order chi connectivity index (χ0) is 30.8. The van der Waals surface area contributed by atoms with Crippen LogP contribution < -0.4 is 5.32 Å². The second-order valence-electron chi connectivity index (χ2n) is 8.47. The number of carbonyl (C=O) groups excluding carboxylic acids is 2. The Balaban J connectivity index is 2.44. The highest BCUT2D eigenvalue weighted by atomic mass is 35.5. The summed E-state index contributed by atoms with van der Waals surface area (Å²) >= 11 is 11.4. The van der Waals surface area contributed by atoms with E-state index in [4.69, 9.17) is 23.2 Å². The highest BCUT2D eigenvalue weighted by Gasteiger charge is 2.41. The fourth-order valence-electron chi connectivity index (χ4n) is 3.47. The van der Waals surface area contributed by atoms with E-state index in [1.54, 1.807) is 0 Å². The second kappa shape index (κ2) is 12.2. The van der Waals surface area contributed by atoms with Crippen LogP contribution in [-0.4, -0.2) is 48.7 Å². The molecule has 0 spiro atoms. The average molecular weight is 627 g/mol. The molecule has 0 fully saturated rings. The maximum atomic E-state index is 14.9. The molecule has 2 amide bonds. The van der Waals surface area contributed by atoms with Gasteiger partial charge in [-0.1, -0.05) is 35.3 Å². The Morgan fingerprint density at radius 1 is 0.950 bits per heavy atom. The summed E-state index contributed by atoms with van der Waals surface area (Å²) in [6.07, 6.45) is -15.2. The van der Waals surface area contributed by atoms with Gasteiger partial charge in [-0.05, 0) is 42.8 Å². The number of hydrogen-bond donors (Lipinski definition) is 1. The summed E-state index contributed by atoms with van der Waals surface area (Å²) in [6, 6.07) is 2.18. The Morgan fingerprint density at radius 3 is 2.05 bits per heavy atom. The van der Waals surface area contributed by atoms with Crippen molar-refractivity contribution in [2.45, 2.75) is 37.4 Å². The molecule has 0 aliphatic rings. The minimum Gasteiger partial charge on any atom is -0.341 e. The van der Waals surface area contributed by atoms with Gasteiger partial charge >= 0.3 is 18.5 Å². The number of nitrogens with zero attached hydrogens (tertiary/aromatic N) is 1. The maximum Gasteiger partial charge on any atom is 0.417 e. The highest BCUT2D eigenvalue weighted by molar-refractivity contribution is 6.42. The molecule has 0 aromatic heterocycles. The van der Waals surface area contributed by atoms with Gasteiger partial charge in [-0.25, -0.2) is 4.39 Å². The molecule has 0 saturated carbocycles. The van der Waals surface area contributed by atoms with Crippen LogP contribution in [0.5, 0.6) is 0 Å². The molecule has 2 aromatic carbocycles. The largest absolute Gasteiger partial charge is 0.417 e. The van der Waals surface area contributed by atoms with E-state index in [1.165, 1.54) is 0 Å². The van der Waals surface area contributed by atoms with Crippen molar-refractivity contribution in [3.8, 4) is 0 Å². The number of rotatable bonds is 7. The molecule has 0 radical (unpaired) electrons. The summed E-state index contributed by atoms with van der Waals surface area (Å²) in [7, 11) is 0.760. The first-order chi connectivity index (χ1) is 18.1. The molecule has 16 heteroatoms. The number of amides is 2. The lowest BCUT2D eigenvalue weighted by Crippen LogP contribution is -2.48. The van der Waals surface area contributed by atoms with Gasteiger partial charge in [0, 0.05) is 12.6 Å². The summed E-state index contributed by atoms with van der Waals surface area (Å²) < 4.78 is 135. The van der Waals surface area contributed by atoms with Gasteiger partial charge in [-0.15, -0.1) is 0 Å². The molecule has 0 aliphatic carbocycles. The van der Waals surface area contributed by atoms with Crippen molar-refractivity contribution in [1.82, 2.24) is 10.2 Å². The van der Waals surface area contributed by atoms with Gasteiger partial charge in [0.25, 0.3) is 5.91 Å². The molecule has 0 saturated heterocycles. The molecule has 1 N–H and O–H groups in total. The van der Waals surface area contributed by atoms with Crippen LogP contribution in [0.1, 0.15) is 39.9 Å². The molecule has 40 heavy (non-hydrogen) atoms. The van der Waals surface area contributed by atoms with Crippen molar-refractivity contribution < 1.29 is 53.5 Å². The molecule has 2 aromatic rings. The quantitative estimate of drug-likeness (QED) is 0.319. The topological polar surface area (TPSA) is 49.4 Å². The predicted molar refractivity (Wildman–Crippen MR) is 126 cm³/mol. The van der Waals surface area contributed by atoms with Crippen molar-refractivity contribution >= 4 is 40.8 Å². The lowest BCUT2D eigenvalue weighted by molar-refractivity contribution is -0.159. The molecular formula is C24H18Cl2F10N2O2. The fourth-order valence-corrected chi connectivity index (χ4v) is 3.77. The van der Waals surface area contributed by atoms with E-state index in [9.17, 15) is 53.5 Å². The van der Waals surface area contributed by atoms with Crippen LogP contribution in [0.15, 0.2) is 42.5 Å². The van der Waals surface area contributed by atoms with Gasteiger partial charge < -0.3 is 10.2 Å². The van der Waals surface area contributed by atoms with E-state index in [1.807, 2.05) is 5.32 Å². The zero-order valence-corrected chi connectivity index (χ0v) is 21.7. The molecular weight excluding hydrogens is 609 g/mol. The number of halogens is 12. The van der Waals surface area contributed by atoms with Crippen molar-refractivity contribution in [1.29, 1.82) is 0 Å². The number of likely N-dealkylation sites (N-methyl/N-ethyl adjacent to an activating group) is 1. The van der Waals surface area contributed by atoms with E-state index in [0.717, 1.165) is 32.2 Å². The zero-order valence-electron chi connectivity index (χ0n) is 20.2. The van der Waals surface area contributed by atoms with Crippen LogP contribution in [0.4, 0.5) is 43.9 Å². The van der Waals surface area contributed by atoms with Crippen LogP contribution in [0.2, 0.25) is 10.0 Å². The Bertz CT molecular complexity index is 1290. The van der Waals surface area contributed by atoms with Crippen molar-refractivity contribution in [3.05, 3.63) is 74.8 Å². The van der Waals surface area contributed by atoms with Crippen molar-refractivity contribution in [3.63, 3.8) is 0 Å². The number of alkyl halides is 9.